The molecule has 0 aromatic heterocycles. The van der Waals surface area contributed by atoms with Crippen molar-refractivity contribution >= 4 is 15.7 Å². The lowest BCUT2D eigenvalue weighted by molar-refractivity contribution is -0.138. The molecule has 31 heavy (non-hydrogen) atoms. The fourth-order valence-electron chi connectivity index (χ4n) is 2.66. The van der Waals surface area contributed by atoms with Gasteiger partial charge in [-0.2, -0.15) is 13.2 Å². The average Bonchev–Trinajstić information content (AvgIpc) is 2.65. The number of alkyl halides is 3. The second-order valence-corrected chi connectivity index (χ2v) is 8.47. The van der Waals surface area contributed by atoms with Crippen LogP contribution in [-0.2, 0) is 16.2 Å². The van der Waals surface area contributed by atoms with Gasteiger partial charge in [-0.25, -0.2) is 17.2 Å². The highest BCUT2D eigenvalue weighted by Gasteiger charge is 2.33. The first kappa shape index (κ1) is 22.5. The molecular formula is C21H16F5NO3S. The van der Waals surface area contributed by atoms with E-state index < -0.39 is 39.1 Å². The molecule has 0 radical (unpaired) electrons. The van der Waals surface area contributed by atoms with Gasteiger partial charge in [0.2, 0.25) is 0 Å². The van der Waals surface area contributed by atoms with Gasteiger partial charge in [0.05, 0.1) is 16.1 Å². The summed E-state index contributed by atoms with van der Waals surface area (Å²) in [5.74, 6) is -4.55. The normalized spacial score (nSPS) is 12.0. The molecule has 3 aromatic rings. The summed E-state index contributed by atoms with van der Waals surface area (Å²) >= 11 is 0. The van der Waals surface area contributed by atoms with Crippen molar-refractivity contribution in [2.45, 2.75) is 24.9 Å². The molecule has 0 atom stereocenters. The number of benzene rings is 3. The predicted octanol–water partition coefficient (Wildman–Crippen LogP) is 6.19. The van der Waals surface area contributed by atoms with E-state index in [2.05, 4.69) is 4.72 Å². The van der Waals surface area contributed by atoms with Crippen LogP contribution in [0.2, 0.25) is 0 Å². The molecule has 0 spiro atoms. The van der Waals surface area contributed by atoms with Crippen LogP contribution in [-0.4, -0.2) is 8.42 Å². The molecular weight excluding hydrogens is 441 g/mol. The van der Waals surface area contributed by atoms with Crippen molar-refractivity contribution in [1.29, 1.82) is 0 Å². The molecule has 4 nitrogen and oxygen atoms in total. The summed E-state index contributed by atoms with van der Waals surface area (Å²) in [7, 11) is -4.07. The van der Waals surface area contributed by atoms with E-state index in [-0.39, 0.29) is 28.5 Å². The molecule has 0 bridgehead atoms. The summed E-state index contributed by atoms with van der Waals surface area (Å²) in [4.78, 5) is -0.0579. The summed E-state index contributed by atoms with van der Waals surface area (Å²) in [5, 5.41) is 0. The maximum absolute atomic E-state index is 14.2. The van der Waals surface area contributed by atoms with Crippen molar-refractivity contribution in [3.63, 3.8) is 0 Å². The zero-order valence-corrected chi connectivity index (χ0v) is 17.0. The van der Waals surface area contributed by atoms with Gasteiger partial charge in [0, 0.05) is 0 Å². The Morgan fingerprint density at radius 2 is 1.39 bits per heavy atom. The zero-order valence-electron chi connectivity index (χ0n) is 16.2. The Balaban J connectivity index is 1.99. The Labute approximate surface area is 175 Å². The summed E-state index contributed by atoms with van der Waals surface area (Å²) < 4.78 is 99.3. The van der Waals surface area contributed by atoms with Crippen molar-refractivity contribution < 1.29 is 35.1 Å². The van der Waals surface area contributed by atoms with Crippen molar-refractivity contribution in [3.8, 4) is 11.5 Å². The van der Waals surface area contributed by atoms with Crippen LogP contribution in [0.4, 0.5) is 27.6 Å². The van der Waals surface area contributed by atoms with Gasteiger partial charge in [0.1, 0.15) is 0 Å². The van der Waals surface area contributed by atoms with Gasteiger partial charge in [-0.15, -0.1) is 0 Å². The van der Waals surface area contributed by atoms with Crippen LogP contribution in [0.3, 0.4) is 0 Å². The Hall–Kier alpha value is -3.14. The number of rotatable bonds is 5. The van der Waals surface area contributed by atoms with E-state index in [0.717, 1.165) is 5.56 Å². The topological polar surface area (TPSA) is 55.4 Å². The number of nitrogens with one attached hydrogen (secondary N) is 1. The van der Waals surface area contributed by atoms with Crippen LogP contribution >= 0.6 is 0 Å². The van der Waals surface area contributed by atoms with Crippen LogP contribution in [0.5, 0.6) is 11.5 Å². The first-order valence-electron chi connectivity index (χ1n) is 8.81. The van der Waals surface area contributed by atoms with E-state index in [1.165, 1.54) is 30.3 Å². The first-order chi connectivity index (χ1) is 14.4. The quantitative estimate of drug-likeness (QED) is 0.465. The smallest absolute Gasteiger partial charge is 0.416 e. The molecule has 0 saturated carbocycles. The molecule has 0 saturated heterocycles. The molecule has 0 amide bonds. The molecule has 0 unspecified atom stereocenters. The van der Waals surface area contributed by atoms with Gasteiger partial charge in [0.15, 0.2) is 23.1 Å². The number of halogens is 5. The van der Waals surface area contributed by atoms with Crippen LogP contribution in [0, 0.1) is 25.5 Å². The maximum atomic E-state index is 14.2. The SMILES string of the molecule is Cc1ccc(S(=O)(=O)Nc2cc(C)ccc2Oc2c(F)cc(C(F)(F)F)cc2F)cc1. The second-order valence-electron chi connectivity index (χ2n) is 6.79. The number of aryl methyl sites for hydroxylation is 2. The van der Waals surface area contributed by atoms with Gasteiger partial charge >= 0.3 is 6.18 Å². The number of hydrogen-bond donors (Lipinski definition) is 1. The fourth-order valence-corrected chi connectivity index (χ4v) is 3.73. The highest BCUT2D eigenvalue weighted by Crippen LogP contribution is 2.38. The Morgan fingerprint density at radius 1 is 0.839 bits per heavy atom. The van der Waals surface area contributed by atoms with Crippen molar-refractivity contribution in [2.24, 2.45) is 0 Å². The number of sulfonamides is 1. The lowest BCUT2D eigenvalue weighted by Gasteiger charge is -2.16. The Bertz CT molecular complexity index is 1200. The molecule has 164 valence electrons. The monoisotopic (exact) mass is 457 g/mol. The molecule has 3 rings (SSSR count). The van der Waals surface area contributed by atoms with Gasteiger partial charge in [0.25, 0.3) is 10.0 Å². The first-order valence-corrected chi connectivity index (χ1v) is 10.3. The standard InChI is InChI=1S/C21H16F5NO3S/c1-12-3-6-15(7-4-12)31(28,29)27-18-9-13(2)5-8-19(18)30-20-16(22)10-14(11-17(20)23)21(24,25)26/h3-11,27H,1-2H3. The molecule has 1 N–H and O–H groups in total. The third-order valence-corrected chi connectivity index (χ3v) is 5.63. The average molecular weight is 457 g/mol. The Kier molecular flexibility index (Phi) is 5.95. The minimum Gasteiger partial charge on any atom is -0.449 e. The molecule has 10 heteroatoms. The maximum Gasteiger partial charge on any atom is 0.416 e. The zero-order chi connectivity index (χ0) is 23.0. The minimum absolute atomic E-state index is 0.0579. The van der Waals surface area contributed by atoms with Gasteiger partial charge in [-0.1, -0.05) is 23.8 Å². The number of hydrogen-bond acceptors (Lipinski definition) is 3. The Morgan fingerprint density at radius 3 is 1.94 bits per heavy atom. The predicted molar refractivity (Wildman–Crippen MR) is 105 cm³/mol. The van der Waals surface area contributed by atoms with Crippen molar-refractivity contribution in [1.82, 2.24) is 0 Å². The number of anilines is 1. The van der Waals surface area contributed by atoms with Crippen LogP contribution in [0.25, 0.3) is 0 Å². The number of ether oxygens (including phenoxy) is 1. The minimum atomic E-state index is -4.95. The highest BCUT2D eigenvalue weighted by atomic mass is 32.2. The third-order valence-electron chi connectivity index (χ3n) is 4.25. The van der Waals surface area contributed by atoms with E-state index in [1.54, 1.807) is 26.0 Å². The largest absolute Gasteiger partial charge is 0.449 e. The molecule has 0 aliphatic carbocycles. The molecule has 0 heterocycles. The van der Waals surface area contributed by atoms with Crippen LogP contribution in [0.15, 0.2) is 59.5 Å². The van der Waals surface area contributed by atoms with Gasteiger partial charge in [-0.05, 0) is 55.8 Å². The van der Waals surface area contributed by atoms with Crippen molar-refractivity contribution in [3.05, 3.63) is 82.9 Å². The lowest BCUT2D eigenvalue weighted by Crippen LogP contribution is -2.14. The third kappa shape index (κ3) is 5.13. The summed E-state index contributed by atoms with van der Waals surface area (Å²) in [6.45, 7) is 3.43. The molecule has 0 aliphatic rings. The van der Waals surface area contributed by atoms with Crippen LogP contribution in [0.1, 0.15) is 16.7 Å². The van der Waals surface area contributed by atoms with E-state index in [1.807, 2.05) is 0 Å². The van der Waals surface area contributed by atoms with E-state index >= 15 is 0 Å². The highest BCUT2D eigenvalue weighted by molar-refractivity contribution is 7.92. The summed E-state index contributed by atoms with van der Waals surface area (Å²) in [6, 6.07) is 10.2. The molecule has 0 aliphatic heterocycles. The second kappa shape index (κ2) is 8.18. The molecule has 3 aromatic carbocycles. The van der Waals surface area contributed by atoms with Gasteiger partial charge < -0.3 is 4.74 Å². The van der Waals surface area contributed by atoms with Crippen molar-refractivity contribution in [2.75, 3.05) is 4.72 Å². The molecule has 0 fully saturated rings. The summed E-state index contributed by atoms with van der Waals surface area (Å²) in [5.41, 5.74) is -0.215. The fraction of sp³-hybridized carbons (Fsp3) is 0.143. The summed E-state index contributed by atoms with van der Waals surface area (Å²) in [6.07, 6.45) is -4.95. The van der Waals surface area contributed by atoms with E-state index in [9.17, 15) is 30.4 Å². The van der Waals surface area contributed by atoms with E-state index in [0.29, 0.717) is 5.56 Å². The van der Waals surface area contributed by atoms with Gasteiger partial charge in [-0.3, -0.25) is 4.72 Å². The van der Waals surface area contributed by atoms with Crippen LogP contribution < -0.4 is 9.46 Å². The lowest BCUT2D eigenvalue weighted by atomic mass is 10.2. The van der Waals surface area contributed by atoms with E-state index in [4.69, 9.17) is 4.74 Å².